The molecule has 0 aliphatic carbocycles. The van der Waals surface area contributed by atoms with Crippen LogP contribution in [-0.4, -0.2) is 0 Å². The molecule has 2 nitrogen and oxygen atoms in total. The van der Waals surface area contributed by atoms with Crippen LogP contribution in [0, 0.1) is 0 Å². The van der Waals surface area contributed by atoms with Gasteiger partial charge in [0, 0.05) is 0 Å². The van der Waals surface area contributed by atoms with Crippen LogP contribution in [0.2, 0.25) is 0 Å². The first kappa shape index (κ1) is 8.89. The summed E-state index contributed by atoms with van der Waals surface area (Å²) in [5, 5.41) is 0. The van der Waals surface area contributed by atoms with E-state index in [1.807, 2.05) is 0 Å². The van der Waals surface area contributed by atoms with Gasteiger partial charge in [-0.1, -0.05) is 0 Å². The van der Waals surface area contributed by atoms with Crippen molar-refractivity contribution in [2.45, 2.75) is 0 Å². The summed E-state index contributed by atoms with van der Waals surface area (Å²) >= 11 is -2.03. The van der Waals surface area contributed by atoms with E-state index in [4.69, 9.17) is 6.80 Å². The van der Waals surface area contributed by atoms with E-state index in [0.29, 0.717) is 0 Å². The van der Waals surface area contributed by atoms with Crippen molar-refractivity contribution in [1.29, 1.82) is 0 Å². The quantitative estimate of drug-likeness (QED) is 0.463. The van der Waals surface area contributed by atoms with Gasteiger partial charge in [-0.2, -0.15) is 0 Å². The molecule has 0 atom stereocenters. The van der Waals surface area contributed by atoms with Gasteiger partial charge in [-0.3, -0.25) is 0 Å². The van der Waals surface area contributed by atoms with E-state index >= 15 is 0 Å². The zero-order valence-electron chi connectivity index (χ0n) is 1.63. The molecule has 0 aromatic carbocycles. The first-order valence-corrected chi connectivity index (χ1v) is 1.97. The third-order valence-corrected chi connectivity index (χ3v) is 0. The van der Waals surface area contributed by atoms with E-state index in [0.717, 1.165) is 0 Å². The van der Waals surface area contributed by atoms with Gasteiger partial charge in [0.15, 0.2) is 0 Å². The fourth-order valence-electron chi connectivity index (χ4n) is 0. The Morgan fingerprint density at radius 3 is 1.25 bits per heavy atom. The van der Waals surface area contributed by atoms with Crippen molar-refractivity contribution in [2.75, 3.05) is 0 Å². The van der Waals surface area contributed by atoms with E-state index in [-0.39, 0.29) is 24.0 Å². The van der Waals surface area contributed by atoms with E-state index in [1.54, 1.807) is 0 Å². The first-order chi connectivity index (χ1) is 1.41. The van der Waals surface area contributed by atoms with Crippen LogP contribution < -0.4 is 0 Å². The number of hydrogen-bond donors (Lipinski definition) is 0. The Balaban J connectivity index is 0. The second-order valence-electron chi connectivity index (χ2n) is 0.0680. The average Bonchev–Trinajstić information content (AvgIpc) is 0.918. The Morgan fingerprint density at radius 2 is 1.25 bits per heavy atom. The molecular formula is HIMoO2. The molecule has 0 aromatic heterocycles. The molecule has 26 valence electrons. The molecule has 0 N–H and O–H groups in total. The average molecular weight is 256 g/mol. The summed E-state index contributed by atoms with van der Waals surface area (Å²) in [5.41, 5.74) is 0. The molecule has 4 heteroatoms. The van der Waals surface area contributed by atoms with E-state index in [9.17, 15) is 0 Å². The van der Waals surface area contributed by atoms with Crippen molar-refractivity contribution in [3.05, 3.63) is 0 Å². The van der Waals surface area contributed by atoms with Crippen molar-refractivity contribution in [1.82, 2.24) is 0 Å². The molecule has 0 spiro atoms. The van der Waals surface area contributed by atoms with E-state index in [1.165, 1.54) is 0 Å². The summed E-state index contributed by atoms with van der Waals surface area (Å²) in [5.74, 6) is 0. The van der Waals surface area contributed by atoms with Gasteiger partial charge in [0.25, 0.3) is 0 Å². The zero-order valence-corrected chi connectivity index (χ0v) is 5.97. The third-order valence-electron chi connectivity index (χ3n) is 0. The maximum absolute atomic E-state index is 8.50. The monoisotopic (exact) mass is 258 g/mol. The molecule has 0 aliphatic heterocycles. The molecule has 4 heavy (non-hydrogen) atoms. The molecule has 0 unspecified atom stereocenters. The van der Waals surface area contributed by atoms with Gasteiger partial charge in [-0.25, -0.2) is 0 Å². The molecule has 0 aliphatic rings. The number of halogens is 1. The predicted octanol–water partition coefficient (Wildman–Crippen LogP) is 0.378. The van der Waals surface area contributed by atoms with Gasteiger partial charge in [0.05, 0.1) is 0 Å². The topological polar surface area (TPSA) is 34.1 Å². The summed E-state index contributed by atoms with van der Waals surface area (Å²) in [6.07, 6.45) is 0. The van der Waals surface area contributed by atoms with E-state index in [2.05, 4.69) is 0 Å². The van der Waals surface area contributed by atoms with Crippen LogP contribution in [0.5, 0.6) is 0 Å². The molecule has 0 radical (unpaired) electrons. The maximum atomic E-state index is 8.50. The number of rotatable bonds is 0. The van der Waals surface area contributed by atoms with E-state index < -0.39 is 18.5 Å². The van der Waals surface area contributed by atoms with Crippen LogP contribution >= 0.6 is 24.0 Å². The Labute approximate surface area is 49.1 Å². The van der Waals surface area contributed by atoms with Crippen LogP contribution in [0.25, 0.3) is 0 Å². The van der Waals surface area contributed by atoms with Crippen molar-refractivity contribution in [3.63, 3.8) is 0 Å². The van der Waals surface area contributed by atoms with Crippen LogP contribution in [0.1, 0.15) is 0 Å². The van der Waals surface area contributed by atoms with Gasteiger partial charge >= 0.3 is 25.3 Å². The van der Waals surface area contributed by atoms with Gasteiger partial charge in [0.1, 0.15) is 0 Å². The summed E-state index contributed by atoms with van der Waals surface area (Å²) < 4.78 is 17.0. The van der Waals surface area contributed by atoms with Crippen molar-refractivity contribution in [3.8, 4) is 0 Å². The first-order valence-electron chi connectivity index (χ1n) is 0.333. The molecular weight excluding hydrogens is 255 g/mol. The van der Waals surface area contributed by atoms with Crippen molar-refractivity contribution >= 4 is 24.0 Å². The summed E-state index contributed by atoms with van der Waals surface area (Å²) in [6.45, 7) is 0. The Bertz CT molecular complexity index is 27.0. The molecule has 0 heterocycles. The minimum absolute atomic E-state index is 0. The number of hydrogen-bond acceptors (Lipinski definition) is 2. The zero-order chi connectivity index (χ0) is 2.71. The SMILES string of the molecule is I.[O]=[Mo]=[O]. The van der Waals surface area contributed by atoms with Gasteiger partial charge < -0.3 is 0 Å². The Hall–Kier alpha value is 1.02. The van der Waals surface area contributed by atoms with Crippen molar-refractivity contribution < 1.29 is 25.3 Å². The standard InChI is InChI=1S/HI.Mo.2O/h1H;;;. The molecule has 0 fully saturated rings. The van der Waals surface area contributed by atoms with Gasteiger partial charge in [-0.15, -0.1) is 24.0 Å². The molecule has 0 aromatic rings. The second kappa shape index (κ2) is 8.99. The van der Waals surface area contributed by atoms with Crippen molar-refractivity contribution in [2.24, 2.45) is 0 Å². The molecule has 0 rings (SSSR count). The summed E-state index contributed by atoms with van der Waals surface area (Å²) in [4.78, 5) is 0. The van der Waals surface area contributed by atoms with Crippen LogP contribution in [0.3, 0.4) is 0 Å². The summed E-state index contributed by atoms with van der Waals surface area (Å²) in [7, 11) is 0. The van der Waals surface area contributed by atoms with Crippen LogP contribution in [0.15, 0.2) is 0 Å². The fourth-order valence-corrected chi connectivity index (χ4v) is 0. The molecule has 0 saturated carbocycles. The van der Waals surface area contributed by atoms with Crippen LogP contribution in [-0.2, 0) is 25.3 Å². The predicted molar refractivity (Wildman–Crippen MR) is 16.8 cm³/mol. The normalized spacial score (nSPS) is 3.00. The van der Waals surface area contributed by atoms with Gasteiger partial charge in [0.2, 0.25) is 0 Å². The minimum atomic E-state index is -2.03. The molecule has 0 bridgehead atoms. The Kier molecular flexibility index (Phi) is 20.0. The molecule has 0 amide bonds. The van der Waals surface area contributed by atoms with Gasteiger partial charge in [-0.05, 0) is 0 Å². The second-order valence-corrected chi connectivity index (χ2v) is 0.403. The Morgan fingerprint density at radius 1 is 1.25 bits per heavy atom. The third kappa shape index (κ3) is 11.9. The fraction of sp³-hybridized carbons (Fsp3) is 0. The molecule has 0 saturated heterocycles. The summed E-state index contributed by atoms with van der Waals surface area (Å²) in [6, 6.07) is 0. The van der Waals surface area contributed by atoms with Crippen LogP contribution in [0.4, 0.5) is 0 Å².